The zero-order chi connectivity index (χ0) is 21.8. The van der Waals surface area contributed by atoms with E-state index in [0.29, 0.717) is 33.0 Å². The summed E-state index contributed by atoms with van der Waals surface area (Å²) in [6, 6.07) is 13.4. The smallest absolute Gasteiger partial charge is 0.356 e. The van der Waals surface area contributed by atoms with Crippen molar-refractivity contribution in [2.75, 3.05) is 31.4 Å². The third-order valence-electron chi connectivity index (χ3n) is 4.66. The average Bonchev–Trinajstić information content (AvgIpc) is 3.09. The van der Waals surface area contributed by atoms with Crippen molar-refractivity contribution in [3.63, 3.8) is 0 Å². The van der Waals surface area contributed by atoms with Gasteiger partial charge in [0, 0.05) is 11.3 Å². The number of esters is 1. The molecule has 0 saturated carbocycles. The van der Waals surface area contributed by atoms with Gasteiger partial charge in [0.2, 0.25) is 5.75 Å². The quantitative estimate of drug-likeness (QED) is 0.299. The molecule has 2 aromatic rings. The van der Waals surface area contributed by atoms with Crippen molar-refractivity contribution >= 4 is 40.1 Å². The maximum atomic E-state index is 13.1. The predicted molar refractivity (Wildman–Crippen MR) is 113 cm³/mol. The maximum Gasteiger partial charge on any atom is 0.356 e. The lowest BCUT2D eigenvalue weighted by Gasteiger charge is -2.17. The summed E-state index contributed by atoms with van der Waals surface area (Å²) < 4.78 is 22.2. The van der Waals surface area contributed by atoms with E-state index >= 15 is 0 Å². The fourth-order valence-electron chi connectivity index (χ4n) is 3.05. The van der Waals surface area contributed by atoms with E-state index in [1.807, 2.05) is 0 Å². The molecular formula is C21H21N3O5S. The van der Waals surface area contributed by atoms with E-state index in [1.165, 1.54) is 14.2 Å². The molecule has 3 N–H and O–H groups in total. The average molecular weight is 427 g/mol. The van der Waals surface area contributed by atoms with Crippen LogP contribution in [0.4, 0.5) is 5.69 Å². The Hall–Kier alpha value is -3.30. The summed E-state index contributed by atoms with van der Waals surface area (Å²) in [4.78, 5) is 26.4. The predicted octanol–water partition coefficient (Wildman–Crippen LogP) is 1.66. The van der Waals surface area contributed by atoms with Gasteiger partial charge in [0.05, 0.1) is 26.3 Å². The molecule has 1 heterocycles. The molecule has 3 rings (SSSR count). The number of benzene rings is 2. The van der Waals surface area contributed by atoms with E-state index in [-0.39, 0.29) is 24.0 Å². The van der Waals surface area contributed by atoms with Crippen LogP contribution in [0, 0.1) is 5.41 Å². The second-order valence-corrected chi connectivity index (χ2v) is 7.90. The first-order chi connectivity index (χ1) is 14.3. The van der Waals surface area contributed by atoms with Crippen LogP contribution in [0.15, 0.2) is 59.2 Å². The van der Waals surface area contributed by atoms with Crippen LogP contribution >= 0.6 is 0 Å². The number of carbonyl (C=O) groups is 2. The molecule has 2 aromatic carbocycles. The monoisotopic (exact) mass is 427 g/mol. The zero-order valence-corrected chi connectivity index (χ0v) is 17.3. The topological polar surface area (TPSA) is 129 Å². The molecule has 0 spiro atoms. The number of anilines is 1. The maximum absolute atomic E-state index is 13.1. The first-order valence-corrected chi connectivity index (χ1v) is 10.3. The van der Waals surface area contributed by atoms with E-state index in [9.17, 15) is 14.1 Å². The highest BCUT2D eigenvalue weighted by Gasteiger charge is 2.33. The van der Waals surface area contributed by atoms with Gasteiger partial charge in [0.1, 0.15) is 11.6 Å². The van der Waals surface area contributed by atoms with Crippen molar-refractivity contribution in [2.45, 2.75) is 4.90 Å². The van der Waals surface area contributed by atoms with Crippen molar-refractivity contribution in [1.29, 1.82) is 5.41 Å². The van der Waals surface area contributed by atoms with Gasteiger partial charge in [-0.1, -0.05) is 0 Å². The number of nitrogens with one attached hydrogen (secondary N) is 1. The molecule has 1 aliphatic rings. The van der Waals surface area contributed by atoms with Crippen LogP contribution in [0.1, 0.15) is 11.1 Å². The molecule has 0 aromatic heterocycles. The lowest BCUT2D eigenvalue weighted by atomic mass is 10.1. The van der Waals surface area contributed by atoms with Gasteiger partial charge < -0.3 is 24.7 Å². The number of amides is 1. The number of nitrogens with zero attached hydrogens (tertiary/aromatic N) is 1. The standard InChI is InChI=1S/C21H21N3O5S/c1-28-17-11-24(15-7-3-14(4-8-15)20(22)23)21(26)19(17)13-5-9-16(10-6-13)30(27)12-18(25)29-2/h3-10H,11-12H2,1-2H3,(H3,22,23). The number of methoxy groups -OCH3 is 2. The minimum atomic E-state index is -1.53. The summed E-state index contributed by atoms with van der Waals surface area (Å²) in [5, 5.41) is 7.48. The Morgan fingerprint density at radius 2 is 1.80 bits per heavy atom. The Morgan fingerprint density at radius 3 is 2.33 bits per heavy atom. The lowest BCUT2D eigenvalue weighted by Crippen LogP contribution is -2.26. The van der Waals surface area contributed by atoms with E-state index in [1.54, 1.807) is 53.4 Å². The van der Waals surface area contributed by atoms with Gasteiger partial charge in [0.25, 0.3) is 5.91 Å². The molecule has 1 aliphatic heterocycles. The normalized spacial score (nSPS) is 14.6. The van der Waals surface area contributed by atoms with Crippen LogP contribution in [-0.2, 0) is 30.2 Å². The number of amidine groups is 1. The van der Waals surface area contributed by atoms with Crippen LogP contribution in [0.2, 0.25) is 0 Å². The largest absolute Gasteiger partial charge is 0.611 e. The number of hydrogen-bond acceptors (Lipinski definition) is 6. The number of nitrogen functional groups attached to an aromatic ring is 1. The molecule has 0 bridgehead atoms. The van der Waals surface area contributed by atoms with Crippen LogP contribution < -0.4 is 10.6 Å². The first-order valence-electron chi connectivity index (χ1n) is 8.94. The summed E-state index contributed by atoms with van der Waals surface area (Å²) in [5.74, 6) is -0.551. The van der Waals surface area contributed by atoms with Crippen LogP contribution in [-0.4, -0.2) is 48.8 Å². The van der Waals surface area contributed by atoms with Crippen LogP contribution in [0.5, 0.6) is 0 Å². The molecule has 0 aliphatic carbocycles. The van der Waals surface area contributed by atoms with Crippen molar-refractivity contribution < 1.29 is 23.6 Å². The van der Waals surface area contributed by atoms with Gasteiger partial charge in [-0.15, -0.1) is 0 Å². The third kappa shape index (κ3) is 4.32. The first kappa shape index (κ1) is 21.4. The summed E-state index contributed by atoms with van der Waals surface area (Å²) in [7, 11) is 2.75. The van der Waals surface area contributed by atoms with Crippen molar-refractivity contribution in [2.24, 2.45) is 5.73 Å². The number of ether oxygens (including phenoxy) is 2. The fourth-order valence-corrected chi connectivity index (χ4v) is 3.99. The highest BCUT2D eigenvalue weighted by molar-refractivity contribution is 7.92. The van der Waals surface area contributed by atoms with Crippen molar-refractivity contribution in [1.82, 2.24) is 0 Å². The summed E-state index contributed by atoms with van der Waals surface area (Å²) in [6.45, 7) is 0.264. The Morgan fingerprint density at radius 1 is 1.17 bits per heavy atom. The molecule has 156 valence electrons. The highest BCUT2D eigenvalue weighted by Crippen LogP contribution is 2.32. The fraction of sp³-hybridized carbons (Fsp3) is 0.190. The third-order valence-corrected chi connectivity index (χ3v) is 5.95. The Kier molecular flexibility index (Phi) is 6.43. The van der Waals surface area contributed by atoms with Crippen molar-refractivity contribution in [3.8, 4) is 0 Å². The number of carbonyl (C=O) groups excluding carboxylic acids is 2. The Bertz CT molecular complexity index is 1000. The molecule has 0 radical (unpaired) electrons. The van der Waals surface area contributed by atoms with Gasteiger partial charge in [-0.3, -0.25) is 10.2 Å². The van der Waals surface area contributed by atoms with Crippen LogP contribution in [0.3, 0.4) is 0 Å². The lowest BCUT2D eigenvalue weighted by molar-refractivity contribution is -0.137. The molecule has 0 fully saturated rings. The van der Waals surface area contributed by atoms with Crippen molar-refractivity contribution in [3.05, 3.63) is 65.4 Å². The van der Waals surface area contributed by atoms with E-state index in [2.05, 4.69) is 4.74 Å². The van der Waals surface area contributed by atoms with Gasteiger partial charge >= 0.3 is 5.97 Å². The molecule has 0 saturated heterocycles. The number of hydrogen-bond donors (Lipinski definition) is 2. The molecule has 30 heavy (non-hydrogen) atoms. The van der Waals surface area contributed by atoms with E-state index in [0.717, 1.165) is 0 Å². The molecule has 1 atom stereocenters. The van der Waals surface area contributed by atoms with Gasteiger partial charge in [0.15, 0.2) is 4.90 Å². The summed E-state index contributed by atoms with van der Waals surface area (Å²) >= 11 is -1.53. The summed E-state index contributed by atoms with van der Waals surface area (Å²) in [6.07, 6.45) is 0. The van der Waals surface area contributed by atoms with Gasteiger partial charge in [-0.05, 0) is 65.3 Å². The Balaban J connectivity index is 1.83. The molecule has 1 amide bonds. The second-order valence-electron chi connectivity index (χ2n) is 6.44. The molecule has 8 nitrogen and oxygen atoms in total. The second kappa shape index (κ2) is 9.02. The SMILES string of the molecule is COC(=O)C[S+]([O-])c1ccc(C2=C(OC)CN(c3ccc(C(=N)N)cc3)C2=O)cc1. The molecular weight excluding hydrogens is 406 g/mol. The minimum absolute atomic E-state index is 0.0460. The number of nitrogens with two attached hydrogens (primary N) is 1. The highest BCUT2D eigenvalue weighted by atomic mass is 32.2. The van der Waals surface area contributed by atoms with Crippen LogP contribution in [0.25, 0.3) is 5.57 Å². The Labute approximate surface area is 177 Å². The van der Waals surface area contributed by atoms with E-state index in [4.69, 9.17) is 15.9 Å². The zero-order valence-electron chi connectivity index (χ0n) is 16.5. The molecule has 9 heteroatoms. The summed E-state index contributed by atoms with van der Waals surface area (Å²) in [5.41, 5.74) is 7.75. The van der Waals surface area contributed by atoms with Gasteiger partial charge in [-0.25, -0.2) is 4.79 Å². The minimum Gasteiger partial charge on any atom is -0.611 e. The molecule has 1 unspecified atom stereocenters. The number of rotatable bonds is 7. The van der Waals surface area contributed by atoms with Gasteiger partial charge in [-0.2, -0.15) is 0 Å². The van der Waals surface area contributed by atoms with E-state index < -0.39 is 17.1 Å².